The van der Waals surface area contributed by atoms with Crippen molar-refractivity contribution in [3.63, 3.8) is 0 Å². The van der Waals surface area contributed by atoms with Crippen LogP contribution in [0.4, 0.5) is 4.79 Å². The number of aliphatic hydroxyl groups is 1. The fourth-order valence-corrected chi connectivity index (χ4v) is 8.79. The third-order valence-electron chi connectivity index (χ3n) is 10.8. The summed E-state index contributed by atoms with van der Waals surface area (Å²) in [5.41, 5.74) is 2.05. The minimum atomic E-state index is -1.31. The molecule has 0 spiro atoms. The van der Waals surface area contributed by atoms with Crippen molar-refractivity contribution >= 4 is 17.8 Å². The number of rotatable bonds is 10. The molecular formula is C33H44ClNO6. The van der Waals surface area contributed by atoms with Crippen LogP contribution in [-0.2, 0) is 11.2 Å². The van der Waals surface area contributed by atoms with Gasteiger partial charge in [0, 0.05) is 18.4 Å². The maximum atomic E-state index is 12.1. The van der Waals surface area contributed by atoms with Crippen molar-refractivity contribution in [3.05, 3.63) is 58.1 Å². The highest BCUT2D eigenvalue weighted by Crippen LogP contribution is 2.68. The molecule has 3 aliphatic rings. The molecular weight excluding hydrogens is 542 g/mol. The molecule has 2 aromatic rings. The van der Waals surface area contributed by atoms with Crippen molar-refractivity contribution in [2.24, 2.45) is 17.3 Å². The Morgan fingerprint density at radius 1 is 1.10 bits per heavy atom. The van der Waals surface area contributed by atoms with Crippen molar-refractivity contribution in [3.8, 4) is 11.5 Å². The number of benzene rings is 2. The first kappa shape index (κ1) is 30.0. The van der Waals surface area contributed by atoms with Crippen molar-refractivity contribution in [2.45, 2.75) is 76.7 Å². The summed E-state index contributed by atoms with van der Waals surface area (Å²) in [6, 6.07) is 12.2. The van der Waals surface area contributed by atoms with Crippen LogP contribution >= 0.6 is 11.6 Å². The van der Waals surface area contributed by atoms with E-state index in [1.807, 2.05) is 0 Å². The van der Waals surface area contributed by atoms with Gasteiger partial charge < -0.3 is 29.7 Å². The Morgan fingerprint density at radius 3 is 2.51 bits per heavy atom. The van der Waals surface area contributed by atoms with Gasteiger partial charge in [-0.25, -0.2) is 4.79 Å². The van der Waals surface area contributed by atoms with E-state index in [2.05, 4.69) is 56.0 Å². The summed E-state index contributed by atoms with van der Waals surface area (Å²) in [4.78, 5) is 13.4. The fraction of sp³-hybridized carbons (Fsp3) is 0.606. The van der Waals surface area contributed by atoms with E-state index in [0.717, 1.165) is 56.6 Å². The zero-order chi connectivity index (χ0) is 29.4. The molecule has 2 fully saturated rings. The lowest BCUT2D eigenvalue weighted by Gasteiger charge is -2.56. The quantitative estimate of drug-likeness (QED) is 0.263. The lowest BCUT2D eigenvalue weighted by Crippen LogP contribution is -2.53. The number of phenolic OH excluding ortho intramolecular Hbond substituents is 1. The van der Waals surface area contributed by atoms with E-state index >= 15 is 0 Å². The third kappa shape index (κ3) is 5.53. The zero-order valence-corrected chi connectivity index (χ0v) is 25.2. The van der Waals surface area contributed by atoms with Gasteiger partial charge in [0.1, 0.15) is 18.1 Å². The van der Waals surface area contributed by atoms with Crippen LogP contribution in [0.2, 0.25) is 5.02 Å². The first-order chi connectivity index (χ1) is 19.6. The molecule has 2 saturated carbocycles. The number of hydrogen-bond acceptors (Lipinski definition) is 6. The van der Waals surface area contributed by atoms with Crippen LogP contribution in [0.5, 0.6) is 11.5 Å². The number of phenols is 1. The van der Waals surface area contributed by atoms with Crippen LogP contribution in [0.25, 0.3) is 0 Å². The minimum absolute atomic E-state index is 0.00977. The molecule has 0 aliphatic heterocycles. The van der Waals surface area contributed by atoms with Gasteiger partial charge in [-0.3, -0.25) is 0 Å². The Kier molecular flexibility index (Phi) is 8.79. The Balaban J connectivity index is 1.47. The SMILES string of the molecule is CCN(CC)CCOc1ccc([C@H]2C[C@@]3(C)[C@@H](CC[C@@]3(O)CCOC(=O)O)[C@@H]3CCc4c(ccc(O)c4Cl)[C@H]32)cc1. The van der Waals surface area contributed by atoms with Crippen molar-refractivity contribution in [2.75, 3.05) is 32.8 Å². The highest BCUT2D eigenvalue weighted by atomic mass is 35.5. The number of aromatic hydroxyl groups is 1. The Morgan fingerprint density at radius 2 is 1.83 bits per heavy atom. The monoisotopic (exact) mass is 585 g/mol. The second-order valence-corrected chi connectivity index (χ2v) is 12.8. The number of nitrogens with zero attached hydrogens (tertiary/aromatic N) is 1. The normalized spacial score (nSPS) is 30.4. The topological polar surface area (TPSA) is 99.5 Å². The predicted octanol–water partition coefficient (Wildman–Crippen LogP) is 6.83. The largest absolute Gasteiger partial charge is 0.506 e. The maximum absolute atomic E-state index is 12.1. The van der Waals surface area contributed by atoms with Crippen LogP contribution in [0.3, 0.4) is 0 Å². The third-order valence-corrected chi connectivity index (χ3v) is 11.2. The Labute approximate surface area is 248 Å². The second kappa shape index (κ2) is 12.0. The molecule has 0 heterocycles. The summed E-state index contributed by atoms with van der Waals surface area (Å²) in [5.74, 6) is 1.93. The van der Waals surface area contributed by atoms with Crippen LogP contribution in [0.15, 0.2) is 36.4 Å². The Hall–Kier alpha value is -2.48. The number of likely N-dealkylation sites (N-methyl/N-ethyl adjacent to an activating group) is 1. The predicted molar refractivity (Wildman–Crippen MR) is 159 cm³/mol. The number of hydrogen-bond donors (Lipinski definition) is 3. The molecule has 0 amide bonds. The van der Waals surface area contributed by atoms with Gasteiger partial charge in [-0.1, -0.05) is 50.6 Å². The van der Waals surface area contributed by atoms with Gasteiger partial charge in [0.25, 0.3) is 0 Å². The number of halogens is 1. The van der Waals surface area contributed by atoms with E-state index in [4.69, 9.17) is 26.2 Å². The summed E-state index contributed by atoms with van der Waals surface area (Å²) < 4.78 is 10.9. The summed E-state index contributed by atoms with van der Waals surface area (Å²) in [5, 5.41) is 31.9. The first-order valence-electron chi connectivity index (χ1n) is 15.1. The van der Waals surface area contributed by atoms with Gasteiger partial charge in [0.2, 0.25) is 0 Å². The molecule has 3 aliphatic carbocycles. The number of carboxylic acid groups (broad SMARTS) is 1. The van der Waals surface area contributed by atoms with Gasteiger partial charge in [0.15, 0.2) is 0 Å². The average Bonchev–Trinajstić information content (AvgIpc) is 3.22. The fourth-order valence-electron chi connectivity index (χ4n) is 8.52. The molecule has 0 radical (unpaired) electrons. The molecule has 0 unspecified atom stereocenters. The van der Waals surface area contributed by atoms with Gasteiger partial charge in [0.05, 0.1) is 17.2 Å². The molecule has 2 aromatic carbocycles. The van der Waals surface area contributed by atoms with Crippen molar-refractivity contribution in [1.82, 2.24) is 4.90 Å². The lowest BCUT2D eigenvalue weighted by atomic mass is 9.49. The molecule has 6 atom stereocenters. The highest BCUT2D eigenvalue weighted by Gasteiger charge is 2.63. The van der Waals surface area contributed by atoms with Crippen LogP contribution < -0.4 is 4.74 Å². The number of ether oxygens (including phenoxy) is 2. The standard InChI is InChI=1S/C33H44ClNO6/c1-4-35(5-2)17-19-40-22-8-6-21(7-9-22)26-20-32(3)27(14-15-33(32,39)16-18-41-31(37)38)25-11-10-24-23(29(25)26)12-13-28(36)30(24)34/h6-9,12-13,25-27,29,36,39H,4-5,10-11,14-20H2,1-3H3,(H,37,38)/t25-,26+,27-,29+,32-,33+/m0/s1. The van der Waals surface area contributed by atoms with E-state index in [1.165, 1.54) is 11.1 Å². The summed E-state index contributed by atoms with van der Waals surface area (Å²) in [6.07, 6.45) is 3.02. The maximum Gasteiger partial charge on any atom is 0.505 e. The Bertz CT molecular complexity index is 1230. The van der Waals surface area contributed by atoms with Gasteiger partial charge >= 0.3 is 6.16 Å². The average molecular weight is 586 g/mol. The molecule has 0 bridgehead atoms. The molecule has 5 rings (SSSR count). The summed E-state index contributed by atoms with van der Waals surface area (Å²) in [7, 11) is 0. The molecule has 41 heavy (non-hydrogen) atoms. The van der Waals surface area contributed by atoms with Gasteiger partial charge in [-0.05, 0) is 104 Å². The van der Waals surface area contributed by atoms with E-state index in [0.29, 0.717) is 36.3 Å². The molecule has 224 valence electrons. The number of carbonyl (C=O) groups is 1. The van der Waals surface area contributed by atoms with E-state index in [9.17, 15) is 15.0 Å². The molecule has 0 saturated heterocycles. The summed E-state index contributed by atoms with van der Waals surface area (Å²) >= 11 is 6.64. The van der Waals surface area contributed by atoms with E-state index in [1.54, 1.807) is 6.07 Å². The zero-order valence-electron chi connectivity index (χ0n) is 24.4. The first-order valence-corrected chi connectivity index (χ1v) is 15.5. The lowest BCUT2D eigenvalue weighted by molar-refractivity contribution is -0.119. The van der Waals surface area contributed by atoms with E-state index < -0.39 is 17.2 Å². The minimum Gasteiger partial charge on any atom is -0.506 e. The number of fused-ring (bicyclic) bond motifs is 5. The van der Waals surface area contributed by atoms with Crippen LogP contribution in [0.1, 0.15) is 81.4 Å². The van der Waals surface area contributed by atoms with Crippen LogP contribution in [0, 0.1) is 17.3 Å². The smallest absolute Gasteiger partial charge is 0.505 e. The van der Waals surface area contributed by atoms with E-state index in [-0.39, 0.29) is 24.2 Å². The van der Waals surface area contributed by atoms with Crippen molar-refractivity contribution in [1.29, 1.82) is 0 Å². The second-order valence-electron chi connectivity index (χ2n) is 12.4. The molecule has 8 heteroatoms. The van der Waals surface area contributed by atoms with Crippen LogP contribution in [-0.4, -0.2) is 64.8 Å². The molecule has 3 N–H and O–H groups in total. The highest BCUT2D eigenvalue weighted by molar-refractivity contribution is 6.32. The summed E-state index contributed by atoms with van der Waals surface area (Å²) in [6.45, 7) is 10.0. The van der Waals surface area contributed by atoms with Gasteiger partial charge in [-0.2, -0.15) is 0 Å². The van der Waals surface area contributed by atoms with Gasteiger partial charge in [-0.15, -0.1) is 0 Å². The molecule has 7 nitrogen and oxygen atoms in total. The van der Waals surface area contributed by atoms with Crippen molar-refractivity contribution < 1.29 is 29.6 Å². The molecule has 0 aromatic heterocycles.